The topological polar surface area (TPSA) is 312 Å². The summed E-state index contributed by atoms with van der Waals surface area (Å²) in [5.74, 6) is -1.57. The molecule has 3 fully saturated rings. The Kier molecular flexibility index (Phi) is 12.4. The number of ether oxygens (including phenoxy) is 4. The lowest BCUT2D eigenvalue weighted by Gasteiger charge is -2.47. The van der Waals surface area contributed by atoms with E-state index in [9.17, 15) is 40.5 Å². The molecule has 3 rings (SSSR count). The fourth-order valence-electron chi connectivity index (χ4n) is 5.73. The van der Waals surface area contributed by atoms with E-state index in [0.29, 0.717) is 6.42 Å². The van der Waals surface area contributed by atoms with E-state index in [1.165, 1.54) is 0 Å². The number of ketones is 1. The third kappa shape index (κ3) is 7.73. The molecule has 15 N–H and O–H groups in total. The van der Waals surface area contributed by atoms with Gasteiger partial charge in [0.1, 0.15) is 54.9 Å². The van der Waals surface area contributed by atoms with Crippen molar-refractivity contribution in [3.63, 3.8) is 0 Å². The van der Waals surface area contributed by atoms with Gasteiger partial charge < -0.3 is 77.6 Å². The average molecular weight is 610 g/mol. The minimum Gasteiger partial charge on any atom is -0.394 e. The number of hydrogen-bond acceptors (Lipinski definition) is 15. The Morgan fingerprint density at radius 3 is 2.19 bits per heavy atom. The average Bonchev–Trinajstić information content (AvgIpc) is 3.21. The summed E-state index contributed by atoms with van der Waals surface area (Å²) in [6.07, 6.45) is -16.2. The summed E-state index contributed by atoms with van der Waals surface area (Å²) in [6, 6.07) is -3.02. The molecule has 2 heterocycles. The zero-order chi connectivity index (χ0) is 31.5. The van der Waals surface area contributed by atoms with Crippen LogP contribution in [0, 0.1) is 5.92 Å². The smallest absolute Gasteiger partial charge is 0.187 e. The van der Waals surface area contributed by atoms with Gasteiger partial charge in [-0.05, 0) is 25.7 Å². The monoisotopic (exact) mass is 609 g/mol. The van der Waals surface area contributed by atoms with Crippen molar-refractivity contribution in [2.24, 2.45) is 33.8 Å². The van der Waals surface area contributed by atoms with Crippen molar-refractivity contribution in [3.05, 3.63) is 0 Å². The molecule has 0 aromatic carbocycles. The maximum absolute atomic E-state index is 12.7. The number of carbonyl (C=O) groups is 1. The molecular weight excluding hydrogens is 562 g/mol. The summed E-state index contributed by atoms with van der Waals surface area (Å²) in [7, 11) is 0. The summed E-state index contributed by atoms with van der Waals surface area (Å²) in [4.78, 5) is 16.6. The van der Waals surface area contributed by atoms with Crippen molar-refractivity contribution in [1.29, 1.82) is 0 Å². The number of hydrogen-bond donors (Lipinski definition) is 11. The first-order valence-electron chi connectivity index (χ1n) is 14.1. The summed E-state index contributed by atoms with van der Waals surface area (Å²) in [5, 5.41) is 73.0. The maximum atomic E-state index is 12.7. The van der Waals surface area contributed by atoms with Crippen molar-refractivity contribution < 1.29 is 59.5 Å². The van der Waals surface area contributed by atoms with Gasteiger partial charge in [0.05, 0.1) is 24.8 Å². The van der Waals surface area contributed by atoms with Gasteiger partial charge in [0.2, 0.25) is 0 Å². The number of aliphatic hydroxyl groups is 7. The van der Waals surface area contributed by atoms with E-state index >= 15 is 0 Å². The van der Waals surface area contributed by atoms with Gasteiger partial charge in [0.15, 0.2) is 24.3 Å². The van der Waals surface area contributed by atoms with Crippen LogP contribution < -0.4 is 22.9 Å². The first kappa shape index (κ1) is 34.9. The van der Waals surface area contributed by atoms with Gasteiger partial charge in [-0.1, -0.05) is 13.3 Å². The lowest BCUT2D eigenvalue weighted by Crippen LogP contribution is -2.66. The van der Waals surface area contributed by atoms with Crippen LogP contribution in [0.2, 0.25) is 0 Å². The first-order chi connectivity index (χ1) is 19.7. The van der Waals surface area contributed by atoms with E-state index in [1.807, 2.05) is 6.92 Å². The second-order valence-corrected chi connectivity index (χ2v) is 11.4. The zero-order valence-electron chi connectivity index (χ0n) is 23.7. The molecular formula is C25H47N5O12. The lowest BCUT2D eigenvalue weighted by molar-refractivity contribution is -0.312. The summed E-state index contributed by atoms with van der Waals surface area (Å²) >= 11 is 0. The standard InChI is InChI=1S/C25H47N5O12/c1-3-4-11(32)12(33)6-9-5-10(26)21(41-23-14(27)17(36)16(35)13(7-31)39-23)22(15(9)34)42-24-19(38)18(37)20(40-24)8(2)30-25(28)29/h8-11,13-24,31-32,34-38H,3-7,26-27H2,1-2H3,(H4,28,29,30)/t8-,9+,10?,11?,13?,14?,15?,16-,17-,18-,19?,20-,21-,22-,23-,24+/m1/s1. The third-order valence-corrected chi connectivity index (χ3v) is 8.13. The highest BCUT2D eigenvalue weighted by Crippen LogP contribution is 2.36. The molecule has 0 aromatic heterocycles. The Bertz CT molecular complexity index is 913. The van der Waals surface area contributed by atoms with Gasteiger partial charge in [0, 0.05) is 12.5 Å². The molecule has 2 saturated heterocycles. The van der Waals surface area contributed by atoms with Crippen LogP contribution in [0.1, 0.15) is 39.5 Å². The van der Waals surface area contributed by atoms with Gasteiger partial charge in [-0.25, -0.2) is 4.99 Å². The number of rotatable bonds is 12. The molecule has 0 radical (unpaired) electrons. The summed E-state index contributed by atoms with van der Waals surface area (Å²) in [6.45, 7) is 2.69. The molecule has 17 heteroatoms. The van der Waals surface area contributed by atoms with Gasteiger partial charge in [-0.3, -0.25) is 4.79 Å². The number of aliphatic imine (C=N–C) groups is 1. The highest BCUT2D eigenvalue weighted by Gasteiger charge is 2.53. The molecule has 17 nitrogen and oxygen atoms in total. The Morgan fingerprint density at radius 2 is 1.60 bits per heavy atom. The second-order valence-electron chi connectivity index (χ2n) is 11.4. The molecule has 2 aliphatic heterocycles. The number of nitrogens with zero attached hydrogens (tertiary/aromatic N) is 1. The second kappa shape index (κ2) is 14.9. The van der Waals surface area contributed by atoms with E-state index < -0.39 is 110 Å². The van der Waals surface area contributed by atoms with E-state index in [0.717, 1.165) is 0 Å². The largest absolute Gasteiger partial charge is 0.394 e. The number of Topliss-reactive ketones (excluding diaryl/α,β-unsaturated/α-hetero) is 1. The number of guanidine groups is 1. The molecule has 3 aliphatic rings. The fraction of sp³-hybridized carbons (Fsp3) is 0.920. The zero-order valence-corrected chi connectivity index (χ0v) is 23.7. The fourth-order valence-corrected chi connectivity index (χ4v) is 5.73. The maximum Gasteiger partial charge on any atom is 0.187 e. The lowest BCUT2D eigenvalue weighted by atomic mass is 9.76. The molecule has 244 valence electrons. The highest BCUT2D eigenvalue weighted by atomic mass is 16.7. The quantitative estimate of drug-likeness (QED) is 0.0725. The third-order valence-electron chi connectivity index (χ3n) is 8.13. The molecule has 16 atom stereocenters. The van der Waals surface area contributed by atoms with Crippen molar-refractivity contribution in [2.75, 3.05) is 6.61 Å². The van der Waals surface area contributed by atoms with Gasteiger partial charge >= 0.3 is 0 Å². The molecule has 1 aliphatic carbocycles. The molecule has 6 unspecified atom stereocenters. The normalized spacial score (nSPS) is 44.0. The molecule has 0 aromatic rings. The van der Waals surface area contributed by atoms with Crippen LogP contribution in [0.5, 0.6) is 0 Å². The van der Waals surface area contributed by atoms with Crippen molar-refractivity contribution in [2.45, 2.75) is 131 Å². The van der Waals surface area contributed by atoms with Crippen LogP contribution in [0.25, 0.3) is 0 Å². The van der Waals surface area contributed by atoms with Crippen LogP contribution in [0.3, 0.4) is 0 Å². The number of carbonyl (C=O) groups excluding carboxylic acids is 1. The minimum absolute atomic E-state index is 0.0354. The molecule has 0 bridgehead atoms. The predicted octanol–water partition coefficient (Wildman–Crippen LogP) is -5.54. The Balaban J connectivity index is 1.87. The summed E-state index contributed by atoms with van der Waals surface area (Å²) < 4.78 is 23.3. The van der Waals surface area contributed by atoms with E-state index in [4.69, 9.17) is 41.9 Å². The molecule has 1 saturated carbocycles. The highest BCUT2D eigenvalue weighted by molar-refractivity contribution is 5.83. The van der Waals surface area contributed by atoms with Gasteiger partial charge in [0.25, 0.3) is 0 Å². The number of nitrogens with two attached hydrogens (primary N) is 4. The van der Waals surface area contributed by atoms with E-state index in [1.54, 1.807) is 6.92 Å². The SMILES string of the molecule is CCCC(O)C(=O)C[C@@H]1CC(N)[C@@H](O[C@H]2OC(CO)[C@@H](O)[C@H](O)C2N)[C@H](O[C@@H]2O[C@H]([C@@H](C)N=C(N)N)[C@H](O)C2O)C1O. The van der Waals surface area contributed by atoms with Gasteiger partial charge in [-0.2, -0.15) is 0 Å². The summed E-state index contributed by atoms with van der Waals surface area (Å²) in [5.41, 5.74) is 23.3. The Morgan fingerprint density at radius 1 is 0.952 bits per heavy atom. The molecule has 0 spiro atoms. The van der Waals surface area contributed by atoms with Crippen LogP contribution in [-0.4, -0.2) is 146 Å². The minimum atomic E-state index is -1.62. The first-order valence-corrected chi connectivity index (χ1v) is 14.1. The Labute approximate surface area is 243 Å². The number of aliphatic hydroxyl groups excluding tert-OH is 7. The van der Waals surface area contributed by atoms with E-state index in [-0.39, 0.29) is 25.2 Å². The van der Waals surface area contributed by atoms with Crippen LogP contribution in [-0.2, 0) is 23.7 Å². The van der Waals surface area contributed by atoms with Crippen molar-refractivity contribution in [1.82, 2.24) is 0 Å². The van der Waals surface area contributed by atoms with Crippen LogP contribution >= 0.6 is 0 Å². The molecule has 42 heavy (non-hydrogen) atoms. The van der Waals surface area contributed by atoms with Gasteiger partial charge in [-0.15, -0.1) is 0 Å². The Hall–Kier alpha value is -1.58. The predicted molar refractivity (Wildman–Crippen MR) is 144 cm³/mol. The van der Waals surface area contributed by atoms with Crippen LogP contribution in [0.15, 0.2) is 4.99 Å². The van der Waals surface area contributed by atoms with E-state index in [2.05, 4.69) is 4.99 Å². The van der Waals surface area contributed by atoms with Crippen LogP contribution in [0.4, 0.5) is 0 Å². The van der Waals surface area contributed by atoms with Crippen molar-refractivity contribution in [3.8, 4) is 0 Å². The molecule has 0 amide bonds. The van der Waals surface area contributed by atoms with Crippen molar-refractivity contribution >= 4 is 11.7 Å².